The van der Waals surface area contributed by atoms with Crippen molar-refractivity contribution in [3.8, 4) is 0 Å². The first-order valence-electron chi connectivity index (χ1n) is 35.8. The van der Waals surface area contributed by atoms with Crippen LogP contribution in [0.15, 0.2) is 60.8 Å². The van der Waals surface area contributed by atoms with Crippen molar-refractivity contribution in [1.82, 2.24) is 0 Å². The second-order valence-electron chi connectivity index (χ2n) is 24.1. The van der Waals surface area contributed by atoms with Gasteiger partial charge in [0.05, 0.1) is 0 Å². The minimum atomic E-state index is -0.781. The topological polar surface area (TPSA) is 78.9 Å². The third-order valence-electron chi connectivity index (χ3n) is 16.0. The number of carbonyl (C=O) groups is 3. The van der Waals surface area contributed by atoms with Gasteiger partial charge in [-0.3, -0.25) is 14.4 Å². The number of rotatable bonds is 66. The van der Waals surface area contributed by atoms with Gasteiger partial charge in [-0.05, 0) is 83.5 Å². The Balaban J connectivity index is 4.26. The Bertz CT molecular complexity index is 1440. The van der Waals surface area contributed by atoms with Gasteiger partial charge in [0, 0.05) is 19.3 Å². The SMILES string of the molecule is CC/C=C\C/C=C\C/C=C\CCCCCCCC(=O)OCC(COC(=O)CCCCCCCCCCCCCCCCC/C=C\C/C=C\CCCCCCC)OC(=O)CCCCCCCCCCCCCCCCCCCCCCC. The Kier molecular flexibility index (Phi) is 67.1. The van der Waals surface area contributed by atoms with Crippen LogP contribution < -0.4 is 0 Å². The van der Waals surface area contributed by atoms with Crippen LogP contribution in [0.25, 0.3) is 0 Å². The third-order valence-corrected chi connectivity index (χ3v) is 16.0. The van der Waals surface area contributed by atoms with E-state index in [9.17, 15) is 14.4 Å². The molecular formula is C75H136O6. The van der Waals surface area contributed by atoms with Crippen LogP contribution in [0.4, 0.5) is 0 Å². The van der Waals surface area contributed by atoms with Gasteiger partial charge in [0.2, 0.25) is 0 Å². The van der Waals surface area contributed by atoms with E-state index in [0.717, 1.165) is 103 Å². The molecule has 0 spiro atoms. The van der Waals surface area contributed by atoms with Crippen molar-refractivity contribution in [3.05, 3.63) is 60.8 Å². The lowest BCUT2D eigenvalue weighted by atomic mass is 10.0. The smallest absolute Gasteiger partial charge is 0.306 e. The zero-order chi connectivity index (χ0) is 58.5. The monoisotopic (exact) mass is 1130 g/mol. The van der Waals surface area contributed by atoms with Gasteiger partial charge in [0.25, 0.3) is 0 Å². The molecule has 472 valence electrons. The van der Waals surface area contributed by atoms with Crippen molar-refractivity contribution >= 4 is 17.9 Å². The molecule has 0 radical (unpaired) electrons. The van der Waals surface area contributed by atoms with Gasteiger partial charge in [0.1, 0.15) is 13.2 Å². The van der Waals surface area contributed by atoms with Crippen molar-refractivity contribution in [1.29, 1.82) is 0 Å². The fraction of sp³-hybridized carbons (Fsp3) is 0.827. The highest BCUT2D eigenvalue weighted by molar-refractivity contribution is 5.71. The molecule has 6 nitrogen and oxygen atoms in total. The summed E-state index contributed by atoms with van der Waals surface area (Å²) in [5.74, 6) is -0.867. The van der Waals surface area contributed by atoms with E-state index >= 15 is 0 Å². The lowest BCUT2D eigenvalue weighted by Gasteiger charge is -2.18. The molecule has 0 aliphatic rings. The highest BCUT2D eigenvalue weighted by Crippen LogP contribution is 2.18. The highest BCUT2D eigenvalue weighted by atomic mass is 16.6. The molecular weight excluding hydrogens is 997 g/mol. The van der Waals surface area contributed by atoms with E-state index in [-0.39, 0.29) is 31.1 Å². The second-order valence-corrected chi connectivity index (χ2v) is 24.1. The van der Waals surface area contributed by atoms with Gasteiger partial charge in [0.15, 0.2) is 6.10 Å². The quantitative estimate of drug-likeness (QED) is 0.0261. The number of hydrogen-bond donors (Lipinski definition) is 0. The first-order chi connectivity index (χ1) is 40.0. The molecule has 6 heteroatoms. The minimum absolute atomic E-state index is 0.0756. The maximum Gasteiger partial charge on any atom is 0.306 e. The molecule has 81 heavy (non-hydrogen) atoms. The Morgan fingerprint density at radius 2 is 0.481 bits per heavy atom. The van der Waals surface area contributed by atoms with Crippen molar-refractivity contribution in [3.63, 3.8) is 0 Å². The molecule has 0 aliphatic carbocycles. The molecule has 0 aromatic heterocycles. The van der Waals surface area contributed by atoms with Crippen molar-refractivity contribution in [2.45, 2.75) is 386 Å². The number of esters is 3. The van der Waals surface area contributed by atoms with E-state index in [1.54, 1.807) is 0 Å². The molecule has 0 bridgehead atoms. The maximum absolute atomic E-state index is 13.0. The van der Waals surface area contributed by atoms with Crippen LogP contribution in [0, 0.1) is 0 Å². The number of carbonyl (C=O) groups excluding carboxylic acids is 3. The van der Waals surface area contributed by atoms with Crippen molar-refractivity contribution in [2.24, 2.45) is 0 Å². The highest BCUT2D eigenvalue weighted by Gasteiger charge is 2.19. The molecule has 1 unspecified atom stereocenters. The van der Waals surface area contributed by atoms with Gasteiger partial charge in [-0.1, -0.05) is 338 Å². The predicted molar refractivity (Wildman–Crippen MR) is 353 cm³/mol. The van der Waals surface area contributed by atoms with Gasteiger partial charge in [-0.2, -0.15) is 0 Å². The summed E-state index contributed by atoms with van der Waals surface area (Å²) in [7, 11) is 0. The van der Waals surface area contributed by atoms with Gasteiger partial charge in [-0.25, -0.2) is 0 Å². The molecule has 0 amide bonds. The summed E-state index contributed by atoms with van der Waals surface area (Å²) in [5, 5.41) is 0. The average molecular weight is 1130 g/mol. The number of ether oxygens (including phenoxy) is 3. The molecule has 1 atom stereocenters. The lowest BCUT2D eigenvalue weighted by molar-refractivity contribution is -0.167. The van der Waals surface area contributed by atoms with Gasteiger partial charge in [-0.15, -0.1) is 0 Å². The second kappa shape index (κ2) is 69.6. The molecule has 0 aromatic rings. The van der Waals surface area contributed by atoms with Crippen LogP contribution in [0.3, 0.4) is 0 Å². The number of allylic oxidation sites excluding steroid dienone is 10. The molecule has 0 saturated heterocycles. The molecule has 0 aliphatic heterocycles. The molecule has 0 fully saturated rings. The van der Waals surface area contributed by atoms with Gasteiger partial charge < -0.3 is 14.2 Å². The van der Waals surface area contributed by atoms with E-state index in [4.69, 9.17) is 14.2 Å². The first-order valence-corrected chi connectivity index (χ1v) is 35.8. The summed E-state index contributed by atoms with van der Waals surface area (Å²) in [6.07, 6.45) is 89.7. The molecule has 0 heterocycles. The van der Waals surface area contributed by atoms with Gasteiger partial charge >= 0.3 is 17.9 Å². The summed E-state index contributed by atoms with van der Waals surface area (Å²) in [6, 6.07) is 0. The van der Waals surface area contributed by atoms with Crippen molar-refractivity contribution < 1.29 is 28.6 Å². The fourth-order valence-electron chi connectivity index (χ4n) is 10.7. The van der Waals surface area contributed by atoms with E-state index in [2.05, 4.69) is 81.5 Å². The zero-order valence-electron chi connectivity index (χ0n) is 54.3. The predicted octanol–water partition coefficient (Wildman–Crippen LogP) is 24.7. The summed E-state index contributed by atoms with van der Waals surface area (Å²) >= 11 is 0. The van der Waals surface area contributed by atoms with Crippen LogP contribution in [0.2, 0.25) is 0 Å². The summed E-state index contributed by atoms with van der Waals surface area (Å²) in [4.78, 5) is 38.5. The van der Waals surface area contributed by atoms with E-state index in [1.165, 1.54) is 238 Å². The molecule has 0 aromatic carbocycles. The molecule has 0 N–H and O–H groups in total. The van der Waals surface area contributed by atoms with E-state index < -0.39 is 6.10 Å². The van der Waals surface area contributed by atoms with Crippen LogP contribution in [-0.4, -0.2) is 37.2 Å². The normalized spacial score (nSPS) is 12.4. The lowest BCUT2D eigenvalue weighted by Crippen LogP contribution is -2.30. The van der Waals surface area contributed by atoms with Crippen LogP contribution in [-0.2, 0) is 28.6 Å². The molecule has 0 rings (SSSR count). The minimum Gasteiger partial charge on any atom is -0.462 e. The maximum atomic E-state index is 13.0. The summed E-state index contributed by atoms with van der Waals surface area (Å²) < 4.78 is 17.0. The number of unbranched alkanes of at least 4 members (excludes halogenated alkanes) is 45. The zero-order valence-corrected chi connectivity index (χ0v) is 54.3. The Morgan fingerprint density at radius 3 is 0.753 bits per heavy atom. The number of hydrogen-bond acceptors (Lipinski definition) is 6. The largest absolute Gasteiger partial charge is 0.462 e. The third kappa shape index (κ3) is 67.8. The van der Waals surface area contributed by atoms with E-state index in [1.807, 2.05) is 0 Å². The van der Waals surface area contributed by atoms with Crippen molar-refractivity contribution in [2.75, 3.05) is 13.2 Å². The average Bonchev–Trinajstić information content (AvgIpc) is 3.47. The van der Waals surface area contributed by atoms with E-state index in [0.29, 0.717) is 19.3 Å². The van der Waals surface area contributed by atoms with Crippen LogP contribution in [0.5, 0.6) is 0 Å². The fourth-order valence-corrected chi connectivity index (χ4v) is 10.7. The van der Waals surface area contributed by atoms with Crippen LogP contribution >= 0.6 is 0 Å². The van der Waals surface area contributed by atoms with Crippen LogP contribution in [0.1, 0.15) is 380 Å². The Labute approximate surface area is 504 Å². The summed E-state index contributed by atoms with van der Waals surface area (Å²) in [6.45, 7) is 6.57. The standard InChI is InChI=1S/C75H136O6/c1-4-7-10-13-16-19-22-25-28-30-32-34-35-36-37-38-39-41-42-44-47-50-53-56-59-62-65-68-74(77)80-71-72(70-79-73(76)67-64-61-58-55-52-49-46-27-24-21-18-15-12-9-6-3)81-75(78)69-66-63-60-57-54-51-48-45-43-40-33-31-29-26-23-20-17-14-11-8-5-2/h9,12,18,21-22,25,27,30,32,46,72H,4-8,10-11,13-17,19-20,23-24,26,28-29,31,33-45,47-71H2,1-3H3/b12-9-,21-18-,25-22-,32-30-,46-27-. The Hall–Kier alpha value is -2.89. The summed E-state index contributed by atoms with van der Waals surface area (Å²) in [5.41, 5.74) is 0. The molecule has 0 saturated carbocycles. The Morgan fingerprint density at radius 1 is 0.259 bits per heavy atom. The first kappa shape index (κ1) is 78.1.